The van der Waals surface area contributed by atoms with Crippen molar-refractivity contribution in [2.24, 2.45) is 11.5 Å². The van der Waals surface area contributed by atoms with Crippen LogP contribution in [0.3, 0.4) is 0 Å². The number of thiazole rings is 1. The number of halogens is 1. The van der Waals surface area contributed by atoms with Gasteiger partial charge in [-0.05, 0) is 12.1 Å². The predicted molar refractivity (Wildman–Crippen MR) is 69.3 cm³/mol. The van der Waals surface area contributed by atoms with E-state index in [0.717, 1.165) is 15.7 Å². The molecule has 16 heavy (non-hydrogen) atoms. The van der Waals surface area contributed by atoms with Crippen LogP contribution in [0, 0.1) is 0 Å². The Morgan fingerprint density at radius 1 is 1.25 bits per heavy atom. The van der Waals surface area contributed by atoms with Gasteiger partial charge in [-0.25, -0.2) is 4.99 Å². The van der Waals surface area contributed by atoms with Crippen molar-refractivity contribution in [1.82, 2.24) is 4.98 Å². The fourth-order valence-corrected chi connectivity index (χ4v) is 2.21. The first-order chi connectivity index (χ1) is 7.65. The zero-order valence-electron chi connectivity index (χ0n) is 8.27. The van der Waals surface area contributed by atoms with E-state index in [9.17, 15) is 0 Å². The maximum absolute atomic E-state index is 5.34. The summed E-state index contributed by atoms with van der Waals surface area (Å²) in [5.74, 6) is 0.150. The summed E-state index contributed by atoms with van der Waals surface area (Å²) in [5.41, 5.74) is 12.6. The minimum Gasteiger partial charge on any atom is -0.311 e. The number of nitrogens with one attached hydrogen (secondary N) is 1. The molecule has 82 valence electrons. The van der Waals surface area contributed by atoms with E-state index in [1.807, 2.05) is 29.6 Å². The van der Waals surface area contributed by atoms with Crippen molar-refractivity contribution in [1.29, 1.82) is 0 Å². The minimum absolute atomic E-state index is 0.150. The summed E-state index contributed by atoms with van der Waals surface area (Å²) < 4.78 is 1.05. The summed E-state index contributed by atoms with van der Waals surface area (Å²) in [7, 11) is 0. The molecular formula is C10H10BrN4S+. The molecule has 4 nitrogen and oxygen atoms in total. The first-order valence-electron chi connectivity index (χ1n) is 4.51. The first-order valence-corrected chi connectivity index (χ1v) is 6.19. The van der Waals surface area contributed by atoms with Gasteiger partial charge in [0.2, 0.25) is 0 Å². The molecule has 2 aromatic rings. The summed E-state index contributed by atoms with van der Waals surface area (Å²) >= 11 is 4.85. The zero-order chi connectivity index (χ0) is 11.5. The van der Waals surface area contributed by atoms with Crippen LogP contribution in [0.15, 0.2) is 34.1 Å². The van der Waals surface area contributed by atoms with E-state index in [4.69, 9.17) is 11.5 Å². The highest BCUT2D eigenvalue weighted by atomic mass is 79.9. The highest BCUT2D eigenvalue weighted by molar-refractivity contribution is 9.10. The summed E-state index contributed by atoms with van der Waals surface area (Å²) in [4.78, 5) is 7.14. The van der Waals surface area contributed by atoms with Crippen molar-refractivity contribution in [2.45, 2.75) is 0 Å². The smallest absolute Gasteiger partial charge is 0.303 e. The number of hydrogen-bond acceptors (Lipinski definition) is 2. The fraction of sp³-hybridized carbons (Fsp3) is 0. The molecule has 0 saturated carbocycles. The highest BCUT2D eigenvalue weighted by Gasteiger charge is 2.07. The van der Waals surface area contributed by atoms with E-state index in [1.54, 1.807) is 0 Å². The number of nitrogens with two attached hydrogens (primary N) is 2. The van der Waals surface area contributed by atoms with Crippen LogP contribution in [0.25, 0.3) is 11.3 Å². The number of hydrogen-bond donors (Lipinski definition) is 3. The average Bonchev–Trinajstić information content (AvgIpc) is 2.66. The van der Waals surface area contributed by atoms with Crippen LogP contribution in [-0.2, 0) is 0 Å². The van der Waals surface area contributed by atoms with Crippen LogP contribution < -0.4 is 16.5 Å². The van der Waals surface area contributed by atoms with E-state index in [1.165, 1.54) is 11.3 Å². The highest BCUT2D eigenvalue weighted by Crippen LogP contribution is 2.23. The Bertz CT molecular complexity index is 514. The molecule has 5 N–H and O–H groups in total. The molecule has 0 spiro atoms. The Balaban J connectivity index is 2.31. The third-order valence-electron chi connectivity index (χ3n) is 1.90. The van der Waals surface area contributed by atoms with Crippen LogP contribution >= 0.6 is 27.3 Å². The molecule has 1 heterocycles. The molecule has 0 aliphatic carbocycles. The zero-order valence-corrected chi connectivity index (χ0v) is 10.7. The first kappa shape index (κ1) is 11.1. The second kappa shape index (κ2) is 4.63. The van der Waals surface area contributed by atoms with Crippen molar-refractivity contribution in [3.8, 4) is 11.3 Å². The second-order valence-corrected chi connectivity index (χ2v) is 4.90. The van der Waals surface area contributed by atoms with Crippen molar-refractivity contribution in [3.63, 3.8) is 0 Å². The monoisotopic (exact) mass is 297 g/mol. The van der Waals surface area contributed by atoms with Crippen LogP contribution in [-0.4, -0.2) is 10.9 Å². The summed E-state index contributed by atoms with van der Waals surface area (Å²) in [6.07, 6.45) is 0. The van der Waals surface area contributed by atoms with E-state index >= 15 is 0 Å². The maximum atomic E-state index is 5.34. The topological polar surface area (TPSA) is 78.9 Å². The van der Waals surface area contributed by atoms with Crippen LogP contribution in [0.5, 0.6) is 0 Å². The largest absolute Gasteiger partial charge is 0.311 e. The Hall–Kier alpha value is -1.40. The normalized spacial score (nSPS) is 10.1. The van der Waals surface area contributed by atoms with Gasteiger partial charge in [0.25, 0.3) is 5.13 Å². The van der Waals surface area contributed by atoms with Crippen LogP contribution in [0.2, 0.25) is 0 Å². The van der Waals surface area contributed by atoms with Gasteiger partial charge < -0.3 is 11.5 Å². The lowest BCUT2D eigenvalue weighted by Crippen LogP contribution is -2.72. The van der Waals surface area contributed by atoms with Crippen molar-refractivity contribution >= 4 is 38.4 Å². The molecule has 0 aliphatic heterocycles. The SMILES string of the molecule is NC(N)=[NH+]c1nc(-c2ccc(Br)cc2)cs1. The maximum Gasteiger partial charge on any atom is 0.303 e. The van der Waals surface area contributed by atoms with Gasteiger partial charge >= 0.3 is 5.96 Å². The van der Waals surface area contributed by atoms with E-state index in [-0.39, 0.29) is 5.96 Å². The number of guanidine groups is 1. The Morgan fingerprint density at radius 3 is 2.56 bits per heavy atom. The Labute approximate surface area is 105 Å². The molecule has 0 bridgehead atoms. The molecule has 0 fully saturated rings. The third kappa shape index (κ3) is 2.59. The number of nitrogens with zero attached hydrogens (tertiary/aromatic N) is 1. The summed E-state index contributed by atoms with van der Waals surface area (Å²) in [5, 5.41) is 2.65. The lowest BCUT2D eigenvalue weighted by Gasteiger charge is -1.93. The minimum atomic E-state index is 0.150. The van der Waals surface area contributed by atoms with E-state index in [0.29, 0.717) is 5.13 Å². The predicted octanol–water partition coefficient (Wildman–Crippen LogP) is 0.558. The molecule has 0 aliphatic rings. The van der Waals surface area contributed by atoms with Gasteiger partial charge in [-0.15, -0.1) is 4.98 Å². The van der Waals surface area contributed by atoms with Gasteiger partial charge in [-0.3, -0.25) is 0 Å². The van der Waals surface area contributed by atoms with Crippen molar-refractivity contribution in [3.05, 3.63) is 34.1 Å². The molecule has 0 unspecified atom stereocenters. The molecule has 0 amide bonds. The lowest BCUT2D eigenvalue weighted by molar-refractivity contribution is -0.355. The van der Waals surface area contributed by atoms with Gasteiger partial charge in [0, 0.05) is 15.4 Å². The van der Waals surface area contributed by atoms with Gasteiger partial charge in [0.15, 0.2) is 0 Å². The Morgan fingerprint density at radius 2 is 1.94 bits per heavy atom. The molecule has 0 atom stereocenters. The molecule has 2 rings (SSSR count). The fourth-order valence-electron chi connectivity index (χ4n) is 1.21. The second-order valence-electron chi connectivity index (χ2n) is 3.13. The van der Waals surface area contributed by atoms with Gasteiger partial charge in [-0.1, -0.05) is 39.4 Å². The standard InChI is InChI=1S/C10H9BrN4S/c11-7-3-1-6(2-4-7)8-5-16-10(14-8)15-9(12)13/h1-5H,(H4,12,13,14,15)/p+1. The van der Waals surface area contributed by atoms with Crippen LogP contribution in [0.4, 0.5) is 5.13 Å². The number of rotatable bonds is 2. The van der Waals surface area contributed by atoms with E-state index in [2.05, 4.69) is 25.9 Å². The molecule has 6 heteroatoms. The van der Waals surface area contributed by atoms with Crippen molar-refractivity contribution in [2.75, 3.05) is 0 Å². The van der Waals surface area contributed by atoms with Gasteiger partial charge in [0.05, 0.1) is 0 Å². The number of aromatic nitrogens is 1. The quantitative estimate of drug-likeness (QED) is 0.560. The molecule has 0 radical (unpaired) electrons. The third-order valence-corrected chi connectivity index (χ3v) is 3.18. The lowest BCUT2D eigenvalue weighted by atomic mass is 10.2. The van der Waals surface area contributed by atoms with Crippen molar-refractivity contribution < 1.29 is 4.99 Å². The Kier molecular flexibility index (Phi) is 3.21. The average molecular weight is 298 g/mol. The number of benzene rings is 1. The summed E-state index contributed by atoms with van der Waals surface area (Å²) in [6, 6.07) is 7.95. The summed E-state index contributed by atoms with van der Waals surface area (Å²) in [6.45, 7) is 0. The molecular weight excluding hydrogens is 288 g/mol. The molecule has 1 aromatic heterocycles. The molecule has 0 saturated heterocycles. The van der Waals surface area contributed by atoms with Gasteiger partial charge in [-0.2, -0.15) is 0 Å². The van der Waals surface area contributed by atoms with Gasteiger partial charge in [0.1, 0.15) is 5.69 Å². The van der Waals surface area contributed by atoms with Crippen LogP contribution in [0.1, 0.15) is 0 Å². The molecule has 1 aromatic carbocycles. The van der Waals surface area contributed by atoms with E-state index < -0.39 is 0 Å².